The fourth-order valence-electron chi connectivity index (χ4n) is 4.24. The van der Waals surface area contributed by atoms with Crippen LogP contribution in [0.3, 0.4) is 0 Å². The zero-order chi connectivity index (χ0) is 22.5. The Morgan fingerprint density at radius 1 is 0.812 bits per heavy atom. The molecular formula is C27H21NO3S. The SMILES string of the molecule is C=C1Cc2ccc3ccccc3c2N(S(=O)(=O)c2ccc(C)cc2)C(=O)c2ccccc21. The number of benzene rings is 4. The summed E-state index contributed by atoms with van der Waals surface area (Å²) >= 11 is 0. The molecule has 0 saturated carbocycles. The van der Waals surface area contributed by atoms with Crippen LogP contribution in [0.5, 0.6) is 0 Å². The first-order valence-electron chi connectivity index (χ1n) is 10.3. The van der Waals surface area contributed by atoms with E-state index >= 15 is 0 Å². The second-order valence-corrected chi connectivity index (χ2v) is 9.79. The van der Waals surface area contributed by atoms with Gasteiger partial charge in [0.25, 0.3) is 15.9 Å². The van der Waals surface area contributed by atoms with Gasteiger partial charge in [-0.25, -0.2) is 8.42 Å². The van der Waals surface area contributed by atoms with Crippen LogP contribution in [0.25, 0.3) is 16.3 Å². The average molecular weight is 440 g/mol. The van der Waals surface area contributed by atoms with E-state index in [0.29, 0.717) is 28.6 Å². The monoisotopic (exact) mass is 439 g/mol. The zero-order valence-corrected chi connectivity index (χ0v) is 18.4. The minimum Gasteiger partial charge on any atom is -0.268 e. The first kappa shape index (κ1) is 20.2. The Bertz CT molecular complexity index is 1500. The Kier molecular flexibility index (Phi) is 4.72. The minimum atomic E-state index is -4.18. The van der Waals surface area contributed by atoms with E-state index in [9.17, 15) is 13.2 Å². The molecule has 0 spiro atoms. The van der Waals surface area contributed by atoms with Gasteiger partial charge >= 0.3 is 0 Å². The van der Waals surface area contributed by atoms with Gasteiger partial charge in [-0.3, -0.25) is 4.79 Å². The highest BCUT2D eigenvalue weighted by molar-refractivity contribution is 7.93. The topological polar surface area (TPSA) is 54.5 Å². The number of carbonyl (C=O) groups is 1. The summed E-state index contributed by atoms with van der Waals surface area (Å²) in [6.45, 7) is 6.10. The molecule has 0 saturated heterocycles. The van der Waals surface area contributed by atoms with Crippen LogP contribution in [0, 0.1) is 6.92 Å². The van der Waals surface area contributed by atoms with Crippen LogP contribution >= 0.6 is 0 Å². The molecule has 5 heteroatoms. The molecule has 4 nitrogen and oxygen atoms in total. The Morgan fingerprint density at radius 2 is 1.47 bits per heavy atom. The molecule has 4 aromatic rings. The molecule has 0 atom stereocenters. The molecule has 0 aromatic heterocycles. The van der Waals surface area contributed by atoms with E-state index < -0.39 is 15.9 Å². The summed E-state index contributed by atoms with van der Waals surface area (Å²) in [5.74, 6) is -0.584. The second kappa shape index (κ2) is 7.46. The summed E-state index contributed by atoms with van der Waals surface area (Å²) in [5, 5.41) is 1.57. The van der Waals surface area contributed by atoms with Crippen molar-refractivity contribution in [3.8, 4) is 0 Å². The predicted octanol–water partition coefficient (Wildman–Crippen LogP) is 5.75. The Morgan fingerprint density at radius 3 is 2.22 bits per heavy atom. The summed E-state index contributed by atoms with van der Waals surface area (Å²) in [4.78, 5) is 14.0. The van der Waals surface area contributed by atoms with Crippen molar-refractivity contribution in [3.05, 3.63) is 114 Å². The number of amides is 1. The van der Waals surface area contributed by atoms with Gasteiger partial charge in [-0.05, 0) is 53.6 Å². The zero-order valence-electron chi connectivity index (χ0n) is 17.6. The van der Waals surface area contributed by atoms with Gasteiger partial charge in [0.15, 0.2) is 0 Å². The van der Waals surface area contributed by atoms with Crippen LogP contribution in [0.4, 0.5) is 5.69 Å². The Balaban J connectivity index is 1.87. The molecule has 0 fully saturated rings. The van der Waals surface area contributed by atoms with Crippen molar-refractivity contribution in [2.75, 3.05) is 4.31 Å². The summed E-state index contributed by atoms with van der Waals surface area (Å²) in [6, 6.07) is 25.0. The van der Waals surface area contributed by atoms with Gasteiger partial charge in [0.2, 0.25) is 0 Å². The van der Waals surface area contributed by atoms with Gasteiger partial charge in [-0.1, -0.05) is 78.9 Å². The highest BCUT2D eigenvalue weighted by atomic mass is 32.2. The maximum absolute atomic E-state index is 14.0. The quantitative estimate of drug-likeness (QED) is 0.399. The maximum Gasteiger partial charge on any atom is 0.272 e. The molecule has 0 N–H and O–H groups in total. The molecule has 1 aliphatic heterocycles. The fraction of sp³-hybridized carbons (Fsp3) is 0.0741. The molecule has 0 aliphatic carbocycles. The first-order valence-corrected chi connectivity index (χ1v) is 11.8. The third-order valence-corrected chi connectivity index (χ3v) is 7.57. The number of anilines is 1. The minimum absolute atomic E-state index is 0.0761. The van der Waals surface area contributed by atoms with Crippen molar-refractivity contribution in [2.45, 2.75) is 18.2 Å². The van der Waals surface area contributed by atoms with Crippen molar-refractivity contribution in [1.82, 2.24) is 0 Å². The molecule has 32 heavy (non-hydrogen) atoms. The van der Waals surface area contributed by atoms with Crippen molar-refractivity contribution in [1.29, 1.82) is 0 Å². The lowest BCUT2D eigenvalue weighted by atomic mass is 9.91. The van der Waals surface area contributed by atoms with E-state index in [-0.39, 0.29) is 4.90 Å². The fourth-order valence-corrected chi connectivity index (χ4v) is 5.71. The van der Waals surface area contributed by atoms with Crippen LogP contribution < -0.4 is 4.31 Å². The third-order valence-electron chi connectivity index (χ3n) is 5.87. The van der Waals surface area contributed by atoms with Gasteiger partial charge in [0.05, 0.1) is 10.6 Å². The van der Waals surface area contributed by atoms with Crippen molar-refractivity contribution in [3.63, 3.8) is 0 Å². The molecular weight excluding hydrogens is 418 g/mol. The number of carbonyl (C=O) groups excluding carboxylic acids is 1. The first-order chi connectivity index (χ1) is 15.4. The number of sulfonamides is 1. The standard InChI is InChI=1S/C27H21NO3S/c1-18-11-15-22(16-12-18)32(30,31)28-26-21(14-13-20-7-3-4-9-24(20)26)17-19(2)23-8-5-6-10-25(23)27(28)29/h3-16H,2,17H2,1H3. The summed E-state index contributed by atoms with van der Waals surface area (Å²) in [6.07, 6.45) is 0.435. The smallest absolute Gasteiger partial charge is 0.268 e. The van der Waals surface area contributed by atoms with Gasteiger partial charge in [0.1, 0.15) is 0 Å². The van der Waals surface area contributed by atoms with Crippen molar-refractivity contribution >= 4 is 38.0 Å². The molecule has 0 radical (unpaired) electrons. The van der Waals surface area contributed by atoms with E-state index in [2.05, 4.69) is 6.58 Å². The maximum atomic E-state index is 14.0. The van der Waals surface area contributed by atoms with Gasteiger partial charge in [-0.15, -0.1) is 0 Å². The van der Waals surface area contributed by atoms with Gasteiger partial charge in [-0.2, -0.15) is 4.31 Å². The van der Waals surface area contributed by atoms with Crippen LogP contribution in [-0.4, -0.2) is 14.3 Å². The molecule has 158 valence electrons. The number of nitrogens with zero attached hydrogens (tertiary/aromatic N) is 1. The highest BCUT2D eigenvalue weighted by Crippen LogP contribution is 2.40. The van der Waals surface area contributed by atoms with Gasteiger partial charge < -0.3 is 0 Å². The Labute approximate surface area is 187 Å². The lowest BCUT2D eigenvalue weighted by molar-refractivity contribution is 0.100. The number of fused-ring (bicyclic) bond motifs is 4. The summed E-state index contributed by atoms with van der Waals surface area (Å²) in [7, 11) is -4.18. The highest BCUT2D eigenvalue weighted by Gasteiger charge is 2.37. The number of allylic oxidation sites excluding steroid dienone is 1. The number of hydrogen-bond donors (Lipinski definition) is 0. The van der Waals surface area contributed by atoms with Crippen molar-refractivity contribution < 1.29 is 13.2 Å². The normalized spacial score (nSPS) is 14.0. The van der Waals surface area contributed by atoms with Crippen molar-refractivity contribution in [2.24, 2.45) is 0 Å². The molecule has 0 bridgehead atoms. The summed E-state index contributed by atoms with van der Waals surface area (Å²) < 4.78 is 28.9. The van der Waals surface area contributed by atoms with Crippen LogP contribution in [0.2, 0.25) is 0 Å². The van der Waals surface area contributed by atoms with E-state index in [4.69, 9.17) is 0 Å². The Hall–Kier alpha value is -3.70. The number of hydrogen-bond acceptors (Lipinski definition) is 3. The van der Waals surface area contributed by atoms with Crippen LogP contribution in [0.1, 0.15) is 27.0 Å². The molecule has 1 heterocycles. The lowest BCUT2D eigenvalue weighted by Gasteiger charge is -2.30. The second-order valence-electron chi connectivity index (χ2n) is 8.01. The predicted molar refractivity (Wildman–Crippen MR) is 128 cm³/mol. The molecule has 5 rings (SSSR count). The van der Waals surface area contributed by atoms with E-state index in [1.165, 1.54) is 0 Å². The molecule has 4 aromatic carbocycles. The van der Waals surface area contributed by atoms with Crippen LogP contribution in [-0.2, 0) is 16.4 Å². The lowest BCUT2D eigenvalue weighted by Crippen LogP contribution is -2.39. The van der Waals surface area contributed by atoms with E-state index in [0.717, 1.165) is 26.4 Å². The van der Waals surface area contributed by atoms with Crippen LogP contribution in [0.15, 0.2) is 96.4 Å². The number of rotatable bonds is 2. The average Bonchev–Trinajstić information content (AvgIpc) is 2.79. The molecule has 0 unspecified atom stereocenters. The van der Waals surface area contributed by atoms with Gasteiger partial charge in [0, 0.05) is 10.9 Å². The number of aryl methyl sites for hydroxylation is 1. The third kappa shape index (κ3) is 3.13. The van der Waals surface area contributed by atoms with E-state index in [1.807, 2.05) is 55.5 Å². The summed E-state index contributed by atoms with van der Waals surface area (Å²) in [5.41, 5.74) is 3.84. The molecule has 1 aliphatic rings. The molecule has 1 amide bonds. The van der Waals surface area contributed by atoms with E-state index in [1.54, 1.807) is 36.4 Å². The largest absolute Gasteiger partial charge is 0.272 e.